The number of fused-ring (bicyclic) bond motifs is 4. The summed E-state index contributed by atoms with van der Waals surface area (Å²) in [5.41, 5.74) is 4.08. The third-order valence-corrected chi connectivity index (χ3v) is 7.97. The van der Waals surface area contributed by atoms with Crippen molar-refractivity contribution in [2.75, 3.05) is 10.6 Å². The lowest BCUT2D eigenvalue weighted by Crippen LogP contribution is -2.10. The molecule has 0 atom stereocenters. The quantitative estimate of drug-likeness (QED) is 0.186. The maximum Gasteiger partial charge on any atom is 0.0787 e. The Balaban J connectivity index is 1.85. The molecule has 2 N–H and O–H groups in total. The number of benzene rings is 4. The van der Waals surface area contributed by atoms with Crippen molar-refractivity contribution in [2.24, 2.45) is 0 Å². The Morgan fingerprint density at radius 3 is 0.885 bits per heavy atom. The first-order chi connectivity index (χ1) is 12.6. The minimum atomic E-state index is 1.02. The van der Waals surface area contributed by atoms with Crippen LogP contribution in [0.5, 0.6) is 0 Å². The van der Waals surface area contributed by atoms with Crippen LogP contribution in [0.15, 0.2) is 66.4 Å². The van der Waals surface area contributed by atoms with Crippen LogP contribution in [0.2, 0.25) is 0 Å². The van der Waals surface area contributed by atoms with Crippen molar-refractivity contribution in [1.82, 2.24) is 0 Å². The van der Waals surface area contributed by atoms with Crippen LogP contribution in [0.25, 0.3) is 21.5 Å². The zero-order chi connectivity index (χ0) is 18.0. The molecule has 5 rings (SSSR count). The van der Waals surface area contributed by atoms with Crippen molar-refractivity contribution in [2.45, 2.75) is 0 Å². The minimum absolute atomic E-state index is 1.02. The summed E-state index contributed by atoms with van der Waals surface area (Å²) in [5, 5.41) is 11.9. The lowest BCUT2D eigenvalue weighted by molar-refractivity contribution is 1.43. The fourth-order valence-electron chi connectivity index (χ4n) is 3.43. The molecule has 1 aliphatic rings. The Morgan fingerprint density at radius 2 is 0.654 bits per heavy atom. The Labute approximate surface area is 183 Å². The van der Waals surface area contributed by atoms with Crippen molar-refractivity contribution in [1.29, 1.82) is 0 Å². The SMILES string of the molecule is Brc1c2c(c(Br)c3ccccc13)Nc1c(c(Br)c3ccccc3c1Br)N2. The summed E-state index contributed by atoms with van der Waals surface area (Å²) in [6, 6.07) is 16.7. The van der Waals surface area contributed by atoms with Gasteiger partial charge in [-0.3, -0.25) is 0 Å². The molecule has 0 spiro atoms. The largest absolute Gasteiger partial charge is 0.350 e. The van der Waals surface area contributed by atoms with Gasteiger partial charge in [0.05, 0.1) is 40.6 Å². The molecule has 4 aromatic rings. The van der Waals surface area contributed by atoms with E-state index in [0.29, 0.717) is 0 Å². The van der Waals surface area contributed by atoms with Crippen LogP contribution in [0.1, 0.15) is 0 Å². The fourth-order valence-corrected chi connectivity index (χ4v) is 6.00. The summed E-state index contributed by atoms with van der Waals surface area (Å²) >= 11 is 15.2. The Kier molecular flexibility index (Phi) is 4.08. The van der Waals surface area contributed by atoms with Crippen molar-refractivity contribution < 1.29 is 0 Å². The normalized spacial score (nSPS) is 12.5. The second-order valence-corrected chi connectivity index (χ2v) is 9.27. The molecule has 0 saturated heterocycles. The van der Waals surface area contributed by atoms with E-state index in [4.69, 9.17) is 0 Å². The van der Waals surface area contributed by atoms with Gasteiger partial charge in [-0.15, -0.1) is 0 Å². The predicted octanol–water partition coefficient (Wildman–Crippen LogP) is 8.84. The van der Waals surface area contributed by atoms with Gasteiger partial charge in [0.2, 0.25) is 0 Å². The molecule has 1 aliphatic heterocycles. The average Bonchev–Trinajstić information content (AvgIpc) is 2.69. The molecule has 0 bridgehead atoms. The summed E-state index contributed by atoms with van der Waals surface area (Å²) < 4.78 is 4.17. The van der Waals surface area contributed by atoms with Crippen LogP contribution in [-0.4, -0.2) is 0 Å². The first-order valence-electron chi connectivity index (χ1n) is 7.91. The Morgan fingerprint density at radius 1 is 0.423 bits per heavy atom. The van der Waals surface area contributed by atoms with E-state index in [-0.39, 0.29) is 0 Å². The molecule has 0 aromatic heterocycles. The highest BCUT2D eigenvalue weighted by Gasteiger charge is 2.26. The summed E-state index contributed by atoms with van der Waals surface area (Å²) in [7, 11) is 0. The first kappa shape index (κ1) is 17.0. The van der Waals surface area contributed by atoms with Crippen LogP contribution in [0.3, 0.4) is 0 Å². The number of nitrogens with one attached hydrogen (secondary N) is 2. The third kappa shape index (κ3) is 2.32. The van der Waals surface area contributed by atoms with Crippen molar-refractivity contribution in [3.05, 3.63) is 66.4 Å². The number of hydrogen-bond donors (Lipinski definition) is 2. The van der Waals surface area contributed by atoms with E-state index in [1.807, 2.05) is 0 Å². The third-order valence-electron chi connectivity index (χ3n) is 4.68. The van der Waals surface area contributed by atoms with E-state index < -0.39 is 0 Å². The lowest BCUT2D eigenvalue weighted by Gasteiger charge is -2.29. The second-order valence-electron chi connectivity index (χ2n) is 6.10. The average molecular weight is 598 g/mol. The first-order valence-corrected chi connectivity index (χ1v) is 11.1. The van der Waals surface area contributed by atoms with Crippen molar-refractivity contribution in [3.8, 4) is 0 Å². The Hall–Kier alpha value is -1.08. The van der Waals surface area contributed by atoms with Crippen LogP contribution in [-0.2, 0) is 0 Å². The van der Waals surface area contributed by atoms with Gasteiger partial charge in [-0.1, -0.05) is 48.5 Å². The van der Waals surface area contributed by atoms with E-state index in [1.165, 1.54) is 0 Å². The van der Waals surface area contributed by atoms with E-state index >= 15 is 0 Å². The van der Waals surface area contributed by atoms with Crippen LogP contribution in [0, 0.1) is 0 Å². The molecule has 4 aromatic carbocycles. The smallest absolute Gasteiger partial charge is 0.0787 e. The van der Waals surface area contributed by atoms with Gasteiger partial charge in [-0.05, 0) is 85.3 Å². The summed E-state index contributed by atoms with van der Waals surface area (Å²) in [4.78, 5) is 0. The van der Waals surface area contributed by atoms with Crippen LogP contribution in [0.4, 0.5) is 22.7 Å². The van der Waals surface area contributed by atoms with E-state index in [1.54, 1.807) is 0 Å². The monoisotopic (exact) mass is 594 g/mol. The van der Waals surface area contributed by atoms with Gasteiger partial charge in [-0.2, -0.15) is 0 Å². The van der Waals surface area contributed by atoms with Gasteiger partial charge in [0, 0.05) is 0 Å². The highest BCUT2D eigenvalue weighted by atomic mass is 79.9. The second kappa shape index (κ2) is 6.23. The van der Waals surface area contributed by atoms with Crippen molar-refractivity contribution >= 4 is 108 Å². The Bertz CT molecular complexity index is 1040. The van der Waals surface area contributed by atoms with E-state index in [9.17, 15) is 0 Å². The standard InChI is InChI=1S/C20H10Br4N2/c21-13-9-5-1-2-6-10(9)14(22)18-17(13)25-19-15(23)11-7-3-4-8-12(11)16(24)20(19)26-18/h1-8,25-26H. The van der Waals surface area contributed by atoms with Crippen molar-refractivity contribution in [3.63, 3.8) is 0 Å². The van der Waals surface area contributed by atoms with Crippen LogP contribution < -0.4 is 10.6 Å². The van der Waals surface area contributed by atoms with Gasteiger partial charge < -0.3 is 10.6 Å². The minimum Gasteiger partial charge on any atom is -0.350 e. The molecule has 0 unspecified atom stereocenters. The van der Waals surface area contributed by atoms with Gasteiger partial charge in [0.1, 0.15) is 0 Å². The maximum absolute atomic E-state index is 3.80. The molecule has 0 amide bonds. The summed E-state index contributed by atoms with van der Waals surface area (Å²) in [6.07, 6.45) is 0. The molecule has 2 nitrogen and oxygen atoms in total. The molecule has 6 heteroatoms. The molecular weight excluding hydrogens is 588 g/mol. The molecular formula is C20H10Br4N2. The summed E-state index contributed by atoms with van der Waals surface area (Å²) in [5.74, 6) is 0. The molecule has 128 valence electrons. The molecule has 0 aliphatic carbocycles. The zero-order valence-corrected chi connectivity index (χ0v) is 19.5. The predicted molar refractivity (Wildman–Crippen MR) is 125 cm³/mol. The highest BCUT2D eigenvalue weighted by molar-refractivity contribution is 9.11. The number of hydrogen-bond acceptors (Lipinski definition) is 2. The number of rotatable bonds is 0. The van der Waals surface area contributed by atoms with E-state index in [0.717, 1.165) is 62.2 Å². The zero-order valence-electron chi connectivity index (χ0n) is 13.1. The molecule has 26 heavy (non-hydrogen) atoms. The van der Waals surface area contributed by atoms with Gasteiger partial charge in [0.15, 0.2) is 0 Å². The fraction of sp³-hybridized carbons (Fsp3) is 0. The molecule has 0 saturated carbocycles. The molecule has 1 heterocycles. The number of anilines is 4. The van der Waals surface area contributed by atoms with Crippen LogP contribution >= 0.6 is 63.7 Å². The molecule has 0 fully saturated rings. The topological polar surface area (TPSA) is 24.1 Å². The maximum atomic E-state index is 3.80. The van der Waals surface area contributed by atoms with Gasteiger partial charge >= 0.3 is 0 Å². The highest BCUT2D eigenvalue weighted by Crippen LogP contribution is 2.55. The summed E-state index contributed by atoms with van der Waals surface area (Å²) in [6.45, 7) is 0. The lowest BCUT2D eigenvalue weighted by atomic mass is 10.0. The molecule has 0 radical (unpaired) electrons. The number of halogens is 4. The van der Waals surface area contributed by atoms with E-state index in [2.05, 4.69) is 123 Å². The van der Waals surface area contributed by atoms with Gasteiger partial charge in [-0.25, -0.2) is 0 Å². The van der Waals surface area contributed by atoms with Gasteiger partial charge in [0.25, 0.3) is 0 Å².